The molecule has 1 amide bonds. The van der Waals surface area contributed by atoms with Crippen molar-refractivity contribution in [2.24, 2.45) is 0 Å². The number of anilines is 1. The second-order valence-corrected chi connectivity index (χ2v) is 7.39. The summed E-state index contributed by atoms with van der Waals surface area (Å²) in [6, 6.07) is 3.20. The standard InChI is InChI=1S/C21H22F4N4O3/c1-13-7-14(9-28-19(13)32-12-21(24,25)20(22)23)8-26-10-16-15(11-30)4-5-27-18(16)29-6-2-3-17(29)31/h4-5,7,9,11,20,26H,2-3,6,8,10,12H2,1H3. The number of ether oxygens (including phenoxy) is 1. The maximum atomic E-state index is 13.0. The Morgan fingerprint density at radius 1 is 1.31 bits per heavy atom. The molecule has 3 heterocycles. The Bertz CT molecular complexity index is 988. The van der Waals surface area contributed by atoms with E-state index >= 15 is 0 Å². The number of rotatable bonds is 10. The molecule has 0 saturated carbocycles. The first-order chi connectivity index (χ1) is 15.2. The minimum atomic E-state index is -4.26. The van der Waals surface area contributed by atoms with Gasteiger partial charge in [0.15, 0.2) is 12.9 Å². The third kappa shape index (κ3) is 5.39. The van der Waals surface area contributed by atoms with Crippen LogP contribution in [0.1, 0.15) is 39.9 Å². The smallest absolute Gasteiger partial charge is 0.340 e. The number of aromatic nitrogens is 2. The third-order valence-electron chi connectivity index (χ3n) is 4.96. The number of hydrogen-bond donors (Lipinski definition) is 1. The van der Waals surface area contributed by atoms with Gasteiger partial charge in [-0.3, -0.25) is 14.5 Å². The van der Waals surface area contributed by atoms with Crippen molar-refractivity contribution in [2.45, 2.75) is 45.2 Å². The summed E-state index contributed by atoms with van der Waals surface area (Å²) in [6.07, 6.45) is 0.901. The summed E-state index contributed by atoms with van der Waals surface area (Å²) in [4.78, 5) is 33.4. The molecule has 1 N–H and O–H groups in total. The number of hydrogen-bond acceptors (Lipinski definition) is 6. The van der Waals surface area contributed by atoms with E-state index in [-0.39, 0.29) is 18.3 Å². The normalized spacial score (nSPS) is 14.3. The number of nitrogens with zero attached hydrogens (tertiary/aromatic N) is 3. The predicted molar refractivity (Wildman–Crippen MR) is 107 cm³/mol. The molecule has 0 unspecified atom stereocenters. The summed E-state index contributed by atoms with van der Waals surface area (Å²) in [5.74, 6) is -4.01. The molecule has 7 nitrogen and oxygen atoms in total. The molecule has 1 aliphatic rings. The molecule has 0 bridgehead atoms. The number of aryl methyl sites for hydroxylation is 1. The van der Waals surface area contributed by atoms with E-state index in [1.54, 1.807) is 24.0 Å². The van der Waals surface area contributed by atoms with Crippen LogP contribution in [0.4, 0.5) is 23.4 Å². The van der Waals surface area contributed by atoms with Gasteiger partial charge in [-0.25, -0.2) is 18.7 Å². The predicted octanol–water partition coefficient (Wildman–Crippen LogP) is 3.29. The first-order valence-electron chi connectivity index (χ1n) is 9.91. The molecule has 11 heteroatoms. The van der Waals surface area contributed by atoms with Crippen LogP contribution in [-0.2, 0) is 17.9 Å². The lowest BCUT2D eigenvalue weighted by Crippen LogP contribution is -2.34. The maximum absolute atomic E-state index is 13.0. The summed E-state index contributed by atoms with van der Waals surface area (Å²) in [5, 5.41) is 3.15. The zero-order valence-electron chi connectivity index (χ0n) is 17.3. The molecule has 0 spiro atoms. The van der Waals surface area contributed by atoms with Crippen LogP contribution in [0.15, 0.2) is 24.5 Å². The van der Waals surface area contributed by atoms with E-state index in [0.717, 1.165) is 6.42 Å². The highest BCUT2D eigenvalue weighted by atomic mass is 19.3. The monoisotopic (exact) mass is 454 g/mol. The molecule has 0 radical (unpaired) electrons. The molecule has 1 fully saturated rings. The van der Waals surface area contributed by atoms with Crippen LogP contribution in [-0.4, -0.2) is 47.7 Å². The Hall–Kier alpha value is -3.08. The quantitative estimate of drug-likeness (QED) is 0.438. The summed E-state index contributed by atoms with van der Waals surface area (Å²) in [6.45, 7) is 1.19. The molecule has 2 aromatic rings. The Labute approximate surface area is 181 Å². The van der Waals surface area contributed by atoms with Gasteiger partial charge in [0, 0.05) is 55.1 Å². The van der Waals surface area contributed by atoms with Crippen molar-refractivity contribution in [3.63, 3.8) is 0 Å². The van der Waals surface area contributed by atoms with Crippen LogP contribution in [0.25, 0.3) is 0 Å². The van der Waals surface area contributed by atoms with E-state index in [9.17, 15) is 27.2 Å². The van der Waals surface area contributed by atoms with E-state index in [0.29, 0.717) is 53.9 Å². The number of nitrogens with one attached hydrogen (secondary N) is 1. The fraction of sp³-hybridized carbons (Fsp3) is 0.429. The minimum absolute atomic E-state index is 0.0466. The van der Waals surface area contributed by atoms with E-state index in [4.69, 9.17) is 4.74 Å². The summed E-state index contributed by atoms with van der Waals surface area (Å²) < 4.78 is 55.3. The van der Waals surface area contributed by atoms with Gasteiger partial charge in [-0.1, -0.05) is 0 Å². The molecule has 0 aromatic carbocycles. The second-order valence-electron chi connectivity index (χ2n) is 7.39. The van der Waals surface area contributed by atoms with Gasteiger partial charge in [0.25, 0.3) is 0 Å². The Morgan fingerprint density at radius 3 is 2.72 bits per heavy atom. The van der Waals surface area contributed by atoms with Gasteiger partial charge in [0.2, 0.25) is 11.8 Å². The van der Waals surface area contributed by atoms with E-state index in [2.05, 4.69) is 15.3 Å². The zero-order chi connectivity index (χ0) is 23.3. The molecule has 1 aliphatic heterocycles. The molecular weight excluding hydrogens is 432 g/mol. The first kappa shape index (κ1) is 23.6. The topological polar surface area (TPSA) is 84.4 Å². The van der Waals surface area contributed by atoms with Crippen molar-refractivity contribution in [2.75, 3.05) is 18.1 Å². The highest BCUT2D eigenvalue weighted by molar-refractivity contribution is 5.96. The fourth-order valence-electron chi connectivity index (χ4n) is 3.32. The van der Waals surface area contributed by atoms with Crippen LogP contribution in [0, 0.1) is 6.92 Å². The van der Waals surface area contributed by atoms with Crippen LogP contribution >= 0.6 is 0 Å². The molecule has 172 valence electrons. The lowest BCUT2D eigenvalue weighted by molar-refractivity contribution is -0.148. The molecule has 0 atom stereocenters. The van der Waals surface area contributed by atoms with Crippen LogP contribution in [0.5, 0.6) is 5.88 Å². The fourth-order valence-corrected chi connectivity index (χ4v) is 3.32. The lowest BCUT2D eigenvalue weighted by Gasteiger charge is -2.20. The summed E-state index contributed by atoms with van der Waals surface area (Å²) in [5.41, 5.74) is 2.11. The van der Waals surface area contributed by atoms with E-state index < -0.39 is 19.0 Å². The summed E-state index contributed by atoms with van der Waals surface area (Å²) in [7, 11) is 0. The number of pyridine rings is 2. The van der Waals surface area contributed by atoms with Gasteiger partial charge in [0.05, 0.1) is 0 Å². The van der Waals surface area contributed by atoms with Crippen molar-refractivity contribution in [3.8, 4) is 5.88 Å². The molecule has 1 saturated heterocycles. The SMILES string of the molecule is Cc1cc(CNCc2c(C=O)ccnc2N2CCCC2=O)cnc1OCC(F)(F)C(F)F. The number of amides is 1. The third-order valence-corrected chi connectivity index (χ3v) is 4.96. The van der Waals surface area contributed by atoms with Gasteiger partial charge in [0.1, 0.15) is 5.82 Å². The van der Waals surface area contributed by atoms with Gasteiger partial charge in [-0.05, 0) is 31.0 Å². The largest absolute Gasteiger partial charge is 0.471 e. The number of halogens is 4. The average Bonchev–Trinajstić information content (AvgIpc) is 3.18. The first-order valence-corrected chi connectivity index (χ1v) is 9.91. The number of carbonyl (C=O) groups excluding carboxylic acids is 2. The lowest BCUT2D eigenvalue weighted by atomic mass is 10.1. The number of alkyl halides is 4. The Kier molecular flexibility index (Phi) is 7.39. The van der Waals surface area contributed by atoms with Crippen molar-refractivity contribution in [3.05, 3.63) is 46.8 Å². The van der Waals surface area contributed by atoms with Crippen molar-refractivity contribution >= 4 is 18.0 Å². The maximum Gasteiger partial charge on any atom is 0.340 e. The number of carbonyl (C=O) groups is 2. The molecular formula is C21H22F4N4O3. The van der Waals surface area contributed by atoms with Crippen LogP contribution in [0.2, 0.25) is 0 Å². The molecule has 2 aromatic heterocycles. The average molecular weight is 454 g/mol. The van der Waals surface area contributed by atoms with Crippen LogP contribution < -0.4 is 15.0 Å². The molecule has 0 aliphatic carbocycles. The zero-order valence-corrected chi connectivity index (χ0v) is 17.3. The highest BCUT2D eigenvalue weighted by Gasteiger charge is 2.42. The molecule has 32 heavy (non-hydrogen) atoms. The molecule has 3 rings (SSSR count). The van der Waals surface area contributed by atoms with Crippen molar-refractivity contribution < 1.29 is 31.9 Å². The van der Waals surface area contributed by atoms with Gasteiger partial charge in [-0.2, -0.15) is 8.78 Å². The highest BCUT2D eigenvalue weighted by Crippen LogP contribution is 2.26. The van der Waals surface area contributed by atoms with E-state index in [1.165, 1.54) is 12.4 Å². The minimum Gasteiger partial charge on any atom is -0.471 e. The second kappa shape index (κ2) is 10.0. The summed E-state index contributed by atoms with van der Waals surface area (Å²) >= 11 is 0. The van der Waals surface area contributed by atoms with Crippen LogP contribution in [0.3, 0.4) is 0 Å². The van der Waals surface area contributed by atoms with Crippen molar-refractivity contribution in [1.82, 2.24) is 15.3 Å². The van der Waals surface area contributed by atoms with Gasteiger partial charge < -0.3 is 10.1 Å². The van der Waals surface area contributed by atoms with Gasteiger partial charge in [-0.15, -0.1) is 0 Å². The Balaban J connectivity index is 1.65. The van der Waals surface area contributed by atoms with Crippen molar-refractivity contribution in [1.29, 1.82) is 0 Å². The van der Waals surface area contributed by atoms with Gasteiger partial charge >= 0.3 is 12.3 Å². The number of aldehydes is 1. The van der Waals surface area contributed by atoms with E-state index in [1.807, 2.05) is 0 Å². The Morgan fingerprint density at radius 2 is 2.09 bits per heavy atom.